The van der Waals surface area contributed by atoms with Crippen LogP contribution in [0.4, 0.5) is 5.82 Å². The number of aromatic hydroxyl groups is 1. The van der Waals surface area contributed by atoms with Gasteiger partial charge in [-0.1, -0.05) is 6.07 Å². The largest absolute Gasteiger partial charge is 0.508 e. The number of carbonyl (C=O) groups is 1. The highest BCUT2D eigenvalue weighted by atomic mass is 16.3. The molecule has 0 unspecified atom stereocenters. The van der Waals surface area contributed by atoms with Crippen LogP contribution in [-0.2, 0) is 0 Å². The summed E-state index contributed by atoms with van der Waals surface area (Å²) >= 11 is 0. The van der Waals surface area contributed by atoms with Gasteiger partial charge in [0.15, 0.2) is 17.8 Å². The van der Waals surface area contributed by atoms with Crippen molar-refractivity contribution < 1.29 is 9.90 Å². The third-order valence-electron chi connectivity index (χ3n) is 5.63. The van der Waals surface area contributed by atoms with Crippen LogP contribution in [0.15, 0.2) is 24.5 Å². The fourth-order valence-corrected chi connectivity index (χ4v) is 3.91. The average molecular weight is 419 g/mol. The van der Waals surface area contributed by atoms with Crippen LogP contribution in [0.1, 0.15) is 45.9 Å². The molecule has 0 radical (unpaired) electrons. The minimum atomic E-state index is 0.152. The van der Waals surface area contributed by atoms with Crippen LogP contribution in [0.3, 0.4) is 0 Å². The molecule has 0 spiro atoms. The van der Waals surface area contributed by atoms with Crippen molar-refractivity contribution in [2.24, 2.45) is 5.73 Å². The van der Waals surface area contributed by atoms with Crippen LogP contribution in [0.5, 0.6) is 5.75 Å². The first-order chi connectivity index (χ1) is 15.0. The first-order valence-electron chi connectivity index (χ1n) is 10.0. The van der Waals surface area contributed by atoms with E-state index in [0.29, 0.717) is 39.6 Å². The Kier molecular flexibility index (Phi) is 5.20. The summed E-state index contributed by atoms with van der Waals surface area (Å²) in [4.78, 5) is 21.0. The molecule has 0 atom stereocenters. The van der Waals surface area contributed by atoms with Crippen molar-refractivity contribution in [1.29, 1.82) is 0 Å². The maximum absolute atomic E-state index is 11.8. The number of carbonyl (C=O) groups excluding carboxylic acids is 1. The zero-order valence-electron chi connectivity index (χ0n) is 17.7. The van der Waals surface area contributed by atoms with E-state index < -0.39 is 0 Å². The molecule has 9 nitrogen and oxygen atoms in total. The van der Waals surface area contributed by atoms with Crippen molar-refractivity contribution in [3.05, 3.63) is 46.9 Å². The van der Waals surface area contributed by atoms with Crippen molar-refractivity contribution in [2.75, 3.05) is 12.8 Å². The number of nitrogens with one attached hydrogen (secondary N) is 1. The van der Waals surface area contributed by atoms with Crippen molar-refractivity contribution in [3.63, 3.8) is 0 Å². The highest BCUT2D eigenvalue weighted by molar-refractivity contribution is 6.03. The molecule has 1 aliphatic rings. The molecule has 5 rings (SSSR count). The van der Waals surface area contributed by atoms with Gasteiger partial charge in [-0.15, -0.1) is 0 Å². The second-order valence-electron chi connectivity index (χ2n) is 7.53. The van der Waals surface area contributed by atoms with Gasteiger partial charge in [-0.2, -0.15) is 5.10 Å². The van der Waals surface area contributed by atoms with Crippen molar-refractivity contribution in [2.45, 2.75) is 32.6 Å². The van der Waals surface area contributed by atoms with Gasteiger partial charge in [0.2, 0.25) is 0 Å². The fraction of sp³-hybridized carbons (Fsp3) is 0.273. The van der Waals surface area contributed by atoms with Crippen molar-refractivity contribution in [3.8, 4) is 22.8 Å². The van der Waals surface area contributed by atoms with E-state index in [1.807, 2.05) is 19.9 Å². The zero-order chi connectivity index (χ0) is 22.3. The summed E-state index contributed by atoms with van der Waals surface area (Å²) in [5, 5.41) is 18.1. The van der Waals surface area contributed by atoms with Crippen LogP contribution in [0, 0.1) is 13.8 Å². The van der Waals surface area contributed by atoms with Gasteiger partial charge in [-0.3, -0.25) is 14.5 Å². The molecule has 0 saturated heterocycles. The lowest BCUT2D eigenvalue weighted by atomic mass is 10.1. The molecular formula is C22H25N7O2. The highest BCUT2D eigenvalue weighted by Gasteiger charge is 2.29. The molecular weight excluding hydrogens is 394 g/mol. The van der Waals surface area contributed by atoms with Gasteiger partial charge in [-0.05, 0) is 45.4 Å². The molecule has 160 valence electrons. The summed E-state index contributed by atoms with van der Waals surface area (Å²) in [6, 6.07) is 3.46. The lowest BCUT2D eigenvalue weighted by Crippen LogP contribution is -2.06. The molecule has 1 saturated carbocycles. The molecule has 0 bridgehead atoms. The molecule has 6 N–H and O–H groups in total. The fourth-order valence-electron chi connectivity index (χ4n) is 3.91. The Morgan fingerprint density at radius 2 is 1.97 bits per heavy atom. The van der Waals surface area contributed by atoms with Gasteiger partial charge in [-0.25, -0.2) is 9.97 Å². The Balaban J connectivity index is 0.00000112. The van der Waals surface area contributed by atoms with E-state index in [0.717, 1.165) is 35.9 Å². The lowest BCUT2D eigenvalue weighted by molar-refractivity contribution is 0.112. The number of H-pyrrole nitrogens is 1. The van der Waals surface area contributed by atoms with E-state index in [2.05, 4.69) is 20.9 Å². The highest BCUT2D eigenvalue weighted by Crippen LogP contribution is 2.43. The van der Waals surface area contributed by atoms with Crippen molar-refractivity contribution >= 4 is 23.1 Å². The number of hydrogen-bond donors (Lipinski definition) is 4. The van der Waals surface area contributed by atoms with E-state index in [1.165, 1.54) is 7.05 Å². The van der Waals surface area contributed by atoms with Crippen LogP contribution < -0.4 is 11.5 Å². The van der Waals surface area contributed by atoms with Crippen LogP contribution >= 0.6 is 0 Å². The predicted octanol–water partition coefficient (Wildman–Crippen LogP) is 2.98. The third-order valence-corrected chi connectivity index (χ3v) is 5.63. The van der Waals surface area contributed by atoms with E-state index in [9.17, 15) is 9.90 Å². The van der Waals surface area contributed by atoms with Gasteiger partial charge < -0.3 is 16.6 Å². The molecule has 1 aromatic carbocycles. The molecule has 3 aromatic heterocycles. The summed E-state index contributed by atoms with van der Waals surface area (Å²) < 4.78 is 1.73. The maximum atomic E-state index is 11.8. The standard InChI is InChI=1S/C21H20N6O2.CH5N/c1-10-3-6-16(29)11(2)18(10)27-19(22)15(9-28)13-7-23-20(25-21(13)27)14-8-24-26-17(14)12-4-5-12;1-2/h3,6-9,12,29H,4-5,22H2,1-2H3,(H,24,26);2H2,1H3. The summed E-state index contributed by atoms with van der Waals surface area (Å²) in [6.45, 7) is 3.74. The summed E-state index contributed by atoms with van der Waals surface area (Å²) in [5.74, 6) is 1.41. The number of aromatic nitrogens is 5. The number of anilines is 1. The van der Waals surface area contributed by atoms with Crippen LogP contribution in [0.25, 0.3) is 28.1 Å². The molecule has 31 heavy (non-hydrogen) atoms. The minimum Gasteiger partial charge on any atom is -0.508 e. The molecule has 1 fully saturated rings. The third kappa shape index (κ3) is 3.23. The Hall–Kier alpha value is -3.72. The topological polar surface area (TPSA) is 149 Å². The normalized spacial score (nSPS) is 13.2. The number of fused-ring (bicyclic) bond motifs is 1. The predicted molar refractivity (Wildman–Crippen MR) is 119 cm³/mol. The number of phenolic OH excluding ortho intramolecular Hbond substituents is 1. The van der Waals surface area contributed by atoms with Crippen LogP contribution in [-0.4, -0.2) is 43.2 Å². The van der Waals surface area contributed by atoms with Crippen molar-refractivity contribution in [1.82, 2.24) is 24.7 Å². The molecule has 0 amide bonds. The number of hydrogen-bond acceptors (Lipinski definition) is 7. The lowest BCUT2D eigenvalue weighted by Gasteiger charge is -2.15. The second kappa shape index (κ2) is 7.84. The Bertz CT molecular complexity index is 1280. The number of aryl methyl sites for hydroxylation is 1. The van der Waals surface area contributed by atoms with E-state index in [4.69, 9.17) is 10.7 Å². The number of nitrogens with zero attached hydrogens (tertiary/aromatic N) is 4. The molecule has 9 heteroatoms. The van der Waals surface area contributed by atoms with E-state index in [1.54, 1.807) is 23.0 Å². The molecule has 1 aliphatic carbocycles. The number of phenols is 1. The van der Waals surface area contributed by atoms with Gasteiger partial charge in [0.1, 0.15) is 11.6 Å². The van der Waals surface area contributed by atoms with Crippen LogP contribution in [0.2, 0.25) is 0 Å². The number of nitrogen functional groups attached to an aromatic ring is 1. The van der Waals surface area contributed by atoms with Gasteiger partial charge in [0, 0.05) is 23.4 Å². The molecule has 0 aliphatic heterocycles. The smallest absolute Gasteiger partial charge is 0.165 e. The number of nitrogens with two attached hydrogens (primary N) is 2. The number of benzene rings is 1. The Labute approximate surface area is 179 Å². The molecule has 4 aromatic rings. The Morgan fingerprint density at radius 3 is 2.65 bits per heavy atom. The van der Waals surface area contributed by atoms with Gasteiger partial charge in [0.05, 0.1) is 28.4 Å². The Morgan fingerprint density at radius 1 is 1.23 bits per heavy atom. The monoisotopic (exact) mass is 419 g/mol. The van der Waals surface area contributed by atoms with Gasteiger partial charge >= 0.3 is 0 Å². The van der Waals surface area contributed by atoms with E-state index >= 15 is 0 Å². The zero-order valence-corrected chi connectivity index (χ0v) is 17.7. The second-order valence-corrected chi connectivity index (χ2v) is 7.53. The first kappa shape index (κ1) is 20.5. The summed E-state index contributed by atoms with van der Waals surface area (Å²) in [6.07, 6.45) is 6.33. The minimum absolute atomic E-state index is 0.152. The maximum Gasteiger partial charge on any atom is 0.165 e. The molecule has 3 heterocycles. The van der Waals surface area contributed by atoms with Gasteiger partial charge in [0.25, 0.3) is 0 Å². The summed E-state index contributed by atoms with van der Waals surface area (Å²) in [7, 11) is 1.50. The SMILES string of the molecule is CN.Cc1ccc(O)c(C)c1-n1c(N)c(C=O)c2cnc(-c3cn[nH]c3C3CC3)nc21. The first-order valence-corrected chi connectivity index (χ1v) is 10.0. The van der Waals surface area contributed by atoms with E-state index in [-0.39, 0.29) is 11.6 Å². The quantitative estimate of drug-likeness (QED) is 0.371. The number of aldehydes is 1. The number of rotatable bonds is 4. The summed E-state index contributed by atoms with van der Waals surface area (Å²) in [5.41, 5.74) is 15.9. The number of aromatic amines is 1. The average Bonchev–Trinajstić information content (AvgIpc) is 3.44.